The molecule has 0 bridgehead atoms. The summed E-state index contributed by atoms with van der Waals surface area (Å²) in [5.41, 5.74) is 1.69. The number of sulfonamides is 1. The van der Waals surface area contributed by atoms with Crippen molar-refractivity contribution >= 4 is 38.1 Å². The molecule has 0 atom stereocenters. The Morgan fingerprint density at radius 2 is 2.14 bits per heavy atom. The zero-order valence-corrected chi connectivity index (χ0v) is 12.2. The normalized spacial score (nSPS) is 11.1. The van der Waals surface area contributed by atoms with Crippen LogP contribution >= 0.6 is 11.5 Å². The summed E-state index contributed by atoms with van der Waals surface area (Å²) in [5, 5.41) is 11.0. The number of nitrogens with zero attached hydrogens (tertiary/aromatic N) is 3. The lowest BCUT2D eigenvalue weighted by molar-refractivity contribution is -0.384. The molecule has 112 valence electrons. The van der Waals surface area contributed by atoms with Gasteiger partial charge >= 0.3 is 0 Å². The Bertz CT molecular complexity index is 787. The summed E-state index contributed by atoms with van der Waals surface area (Å²) in [6.45, 7) is 1.61. The minimum absolute atomic E-state index is 0.00529. The third kappa shape index (κ3) is 3.24. The van der Waals surface area contributed by atoms with E-state index in [1.54, 1.807) is 6.92 Å². The van der Waals surface area contributed by atoms with Gasteiger partial charge in [-0.25, -0.2) is 13.4 Å². The summed E-state index contributed by atoms with van der Waals surface area (Å²) < 4.78 is 30.3. The van der Waals surface area contributed by atoms with Gasteiger partial charge in [-0.3, -0.25) is 20.7 Å². The van der Waals surface area contributed by atoms with E-state index in [4.69, 9.17) is 5.84 Å². The first-order valence-electron chi connectivity index (χ1n) is 5.41. The fraction of sp³-hybridized carbons (Fsp3) is 0.111. The largest absolute Gasteiger partial charge is 0.318 e. The second-order valence-electron chi connectivity index (χ2n) is 3.83. The number of aromatic nitrogens is 2. The molecule has 0 saturated carbocycles. The molecule has 1 heterocycles. The molecule has 12 heteroatoms. The molecule has 0 saturated heterocycles. The first-order valence-corrected chi connectivity index (χ1v) is 7.67. The predicted molar refractivity (Wildman–Crippen MR) is 76.4 cm³/mol. The van der Waals surface area contributed by atoms with E-state index in [2.05, 4.69) is 19.5 Å². The molecule has 2 aromatic rings. The number of aryl methyl sites for hydroxylation is 1. The number of hydrogen-bond donors (Lipinski definition) is 3. The van der Waals surface area contributed by atoms with Crippen molar-refractivity contribution in [3.8, 4) is 0 Å². The number of anilines is 2. The second-order valence-corrected chi connectivity index (χ2v) is 6.27. The highest BCUT2D eigenvalue weighted by Crippen LogP contribution is 2.27. The van der Waals surface area contributed by atoms with Gasteiger partial charge in [0.15, 0.2) is 0 Å². The zero-order chi connectivity index (χ0) is 15.6. The molecule has 2 rings (SSSR count). The third-order valence-corrected chi connectivity index (χ3v) is 4.57. The van der Waals surface area contributed by atoms with Crippen molar-refractivity contribution in [3.63, 3.8) is 0 Å². The molecule has 0 radical (unpaired) electrons. The van der Waals surface area contributed by atoms with Crippen molar-refractivity contribution in [2.45, 2.75) is 11.8 Å². The molecule has 0 aliphatic heterocycles. The number of nitrogens with one attached hydrogen (secondary N) is 2. The van der Waals surface area contributed by atoms with Gasteiger partial charge in [-0.1, -0.05) is 0 Å². The highest BCUT2D eigenvalue weighted by Gasteiger charge is 2.22. The minimum atomic E-state index is -4.00. The molecule has 4 N–H and O–H groups in total. The van der Waals surface area contributed by atoms with E-state index < -0.39 is 20.6 Å². The summed E-state index contributed by atoms with van der Waals surface area (Å²) in [4.78, 5) is 13.7. The lowest BCUT2D eigenvalue weighted by atomic mass is 10.3. The summed E-state index contributed by atoms with van der Waals surface area (Å²) >= 11 is 0.872. The minimum Gasteiger partial charge on any atom is -0.318 e. The maximum absolute atomic E-state index is 12.1. The monoisotopic (exact) mass is 330 g/mol. The van der Waals surface area contributed by atoms with Crippen molar-refractivity contribution in [3.05, 3.63) is 34.1 Å². The van der Waals surface area contributed by atoms with Crippen molar-refractivity contribution < 1.29 is 13.3 Å². The Morgan fingerprint density at radius 3 is 2.67 bits per heavy atom. The van der Waals surface area contributed by atoms with Crippen LogP contribution < -0.4 is 16.0 Å². The van der Waals surface area contributed by atoms with Gasteiger partial charge in [0.1, 0.15) is 11.5 Å². The molecule has 0 amide bonds. The highest BCUT2D eigenvalue weighted by atomic mass is 32.2. The first kappa shape index (κ1) is 15.1. The number of nitro groups is 1. The number of benzene rings is 1. The van der Waals surface area contributed by atoms with Crippen LogP contribution in [-0.2, 0) is 10.0 Å². The smallest absolute Gasteiger partial charge is 0.295 e. The molecule has 1 aromatic carbocycles. The van der Waals surface area contributed by atoms with Gasteiger partial charge in [-0.15, -0.1) is 0 Å². The maximum Gasteiger partial charge on any atom is 0.295 e. The van der Waals surface area contributed by atoms with Crippen LogP contribution in [-0.4, -0.2) is 22.7 Å². The van der Waals surface area contributed by atoms with Gasteiger partial charge in [-0.2, -0.15) is 4.37 Å². The van der Waals surface area contributed by atoms with Gasteiger partial charge < -0.3 is 5.43 Å². The second kappa shape index (κ2) is 5.59. The van der Waals surface area contributed by atoms with E-state index in [-0.39, 0.29) is 15.7 Å². The molecule has 0 aliphatic rings. The van der Waals surface area contributed by atoms with Gasteiger partial charge in [0.25, 0.3) is 15.7 Å². The molecule has 0 fully saturated rings. The van der Waals surface area contributed by atoms with E-state index in [9.17, 15) is 18.5 Å². The van der Waals surface area contributed by atoms with E-state index >= 15 is 0 Å². The summed E-state index contributed by atoms with van der Waals surface area (Å²) in [6.07, 6.45) is 0. The molecule has 1 aromatic heterocycles. The fourth-order valence-electron chi connectivity index (χ4n) is 1.46. The van der Waals surface area contributed by atoms with Gasteiger partial charge in [0.2, 0.25) is 5.13 Å². The Kier molecular flexibility index (Phi) is 4.02. The van der Waals surface area contributed by atoms with Crippen molar-refractivity contribution in [1.29, 1.82) is 0 Å². The van der Waals surface area contributed by atoms with Crippen LogP contribution in [0.2, 0.25) is 0 Å². The van der Waals surface area contributed by atoms with Crippen molar-refractivity contribution in [2.75, 3.05) is 10.1 Å². The van der Waals surface area contributed by atoms with E-state index in [1.165, 1.54) is 12.1 Å². The first-order chi connectivity index (χ1) is 9.83. The van der Waals surface area contributed by atoms with Gasteiger partial charge in [0, 0.05) is 17.6 Å². The molecule has 10 nitrogen and oxygen atoms in total. The zero-order valence-electron chi connectivity index (χ0n) is 10.6. The summed E-state index contributed by atoms with van der Waals surface area (Å²) in [5.74, 6) is 5.56. The number of nitrogens with two attached hydrogens (primary N) is 1. The standard InChI is InChI=1S/C9H10N6O4S2/c1-5-11-9(20-13-5)14-21(18,19)6-2-3-7(12-10)8(4-6)15(16)17/h2-4,12H,10H2,1H3,(H,11,13,14). The molecular weight excluding hydrogens is 320 g/mol. The SMILES string of the molecule is Cc1nsc(NS(=O)(=O)c2ccc(NN)c([N+](=O)[O-])c2)n1. The Balaban J connectivity index is 2.40. The fourth-order valence-corrected chi connectivity index (χ4v) is 3.28. The van der Waals surface area contributed by atoms with Crippen LogP contribution in [0.15, 0.2) is 23.1 Å². The summed E-state index contributed by atoms with van der Waals surface area (Å²) in [7, 11) is -4.00. The van der Waals surface area contributed by atoms with Crippen LogP contribution in [0.5, 0.6) is 0 Å². The lowest BCUT2D eigenvalue weighted by Crippen LogP contribution is -2.14. The highest BCUT2D eigenvalue weighted by molar-refractivity contribution is 7.93. The van der Waals surface area contributed by atoms with Crippen LogP contribution in [0.4, 0.5) is 16.5 Å². The molecule has 0 aliphatic carbocycles. The van der Waals surface area contributed by atoms with Crippen LogP contribution in [0.1, 0.15) is 5.82 Å². The number of rotatable bonds is 5. The molecular formula is C9H10N6O4S2. The average Bonchev–Trinajstić information content (AvgIpc) is 2.82. The number of nitro benzene ring substituents is 1. The van der Waals surface area contributed by atoms with Gasteiger partial charge in [-0.05, 0) is 19.1 Å². The topological polar surface area (TPSA) is 153 Å². The number of hydrazine groups is 1. The summed E-state index contributed by atoms with van der Waals surface area (Å²) in [6, 6.07) is 3.31. The number of nitrogen functional groups attached to an aromatic ring is 1. The van der Waals surface area contributed by atoms with Crippen molar-refractivity contribution in [2.24, 2.45) is 5.84 Å². The molecule has 0 unspecified atom stereocenters. The van der Waals surface area contributed by atoms with Crippen molar-refractivity contribution in [1.82, 2.24) is 9.36 Å². The average molecular weight is 330 g/mol. The Labute approximate surface area is 123 Å². The van der Waals surface area contributed by atoms with Gasteiger partial charge in [0.05, 0.1) is 9.82 Å². The maximum atomic E-state index is 12.1. The van der Waals surface area contributed by atoms with Crippen LogP contribution in [0.3, 0.4) is 0 Å². The van der Waals surface area contributed by atoms with Crippen LogP contribution in [0.25, 0.3) is 0 Å². The number of hydrogen-bond acceptors (Lipinski definition) is 9. The molecule has 0 spiro atoms. The predicted octanol–water partition coefficient (Wildman–Crippen LogP) is 0.841. The lowest BCUT2D eigenvalue weighted by Gasteiger charge is -2.07. The van der Waals surface area contributed by atoms with Crippen LogP contribution in [0, 0.1) is 17.0 Å². The third-order valence-electron chi connectivity index (χ3n) is 2.38. The van der Waals surface area contributed by atoms with E-state index in [0.717, 1.165) is 17.6 Å². The van der Waals surface area contributed by atoms with E-state index in [0.29, 0.717) is 5.82 Å². The Hall–Kier alpha value is -2.31. The molecule has 21 heavy (non-hydrogen) atoms. The Morgan fingerprint density at radius 1 is 1.43 bits per heavy atom. The van der Waals surface area contributed by atoms with E-state index in [1.807, 2.05) is 0 Å². The quantitative estimate of drug-likeness (QED) is 0.414.